The number of hydrogen-bond acceptors (Lipinski definition) is 6. The van der Waals surface area contributed by atoms with E-state index in [1.165, 1.54) is 31.4 Å². The standard InChI is InChI=1S/C11H11N3O4S/c1-18-11(15)5-4-10(19)13-9-6-7(14(16)17)2-3-8(9)12/h2-6H,12H2,1H3,(H,13,19)/b5-4+. The van der Waals surface area contributed by atoms with E-state index in [1.807, 2.05) is 0 Å². The summed E-state index contributed by atoms with van der Waals surface area (Å²) in [6, 6.07) is 3.94. The lowest BCUT2D eigenvalue weighted by Crippen LogP contribution is -2.09. The largest absolute Gasteiger partial charge is 0.466 e. The van der Waals surface area contributed by atoms with E-state index < -0.39 is 10.9 Å². The van der Waals surface area contributed by atoms with Crippen LogP contribution in [0.2, 0.25) is 0 Å². The van der Waals surface area contributed by atoms with Gasteiger partial charge in [-0.1, -0.05) is 12.2 Å². The van der Waals surface area contributed by atoms with E-state index in [1.54, 1.807) is 0 Å². The smallest absolute Gasteiger partial charge is 0.330 e. The molecule has 1 aromatic rings. The number of nitro benzene ring substituents is 1. The second-order valence-electron chi connectivity index (χ2n) is 3.37. The fourth-order valence-corrected chi connectivity index (χ4v) is 1.33. The van der Waals surface area contributed by atoms with Gasteiger partial charge in [0.05, 0.1) is 23.4 Å². The second kappa shape index (κ2) is 6.45. The van der Waals surface area contributed by atoms with Crippen molar-refractivity contribution in [2.24, 2.45) is 0 Å². The van der Waals surface area contributed by atoms with Gasteiger partial charge < -0.3 is 15.8 Å². The number of nitro groups is 1. The molecule has 0 aliphatic rings. The molecular weight excluding hydrogens is 270 g/mol. The zero-order valence-corrected chi connectivity index (χ0v) is 10.8. The highest BCUT2D eigenvalue weighted by Gasteiger charge is 2.09. The van der Waals surface area contributed by atoms with Gasteiger partial charge in [0, 0.05) is 18.2 Å². The maximum absolute atomic E-state index is 10.9. The van der Waals surface area contributed by atoms with E-state index in [9.17, 15) is 14.9 Å². The lowest BCUT2D eigenvalue weighted by Gasteiger charge is -2.07. The number of benzene rings is 1. The van der Waals surface area contributed by atoms with Gasteiger partial charge in [0.2, 0.25) is 0 Å². The predicted octanol–water partition coefficient (Wildman–Crippen LogP) is 1.65. The first-order valence-corrected chi connectivity index (χ1v) is 5.46. The van der Waals surface area contributed by atoms with Gasteiger partial charge in [-0.2, -0.15) is 0 Å². The number of esters is 1. The highest BCUT2D eigenvalue weighted by atomic mass is 32.1. The van der Waals surface area contributed by atoms with Crippen LogP contribution in [0.25, 0.3) is 0 Å². The van der Waals surface area contributed by atoms with E-state index in [2.05, 4.69) is 10.1 Å². The average Bonchev–Trinajstić information content (AvgIpc) is 2.38. The van der Waals surface area contributed by atoms with Crippen LogP contribution >= 0.6 is 12.2 Å². The zero-order chi connectivity index (χ0) is 14.4. The Bertz CT molecular complexity index is 557. The van der Waals surface area contributed by atoms with E-state index >= 15 is 0 Å². The molecule has 0 spiro atoms. The average molecular weight is 281 g/mol. The molecule has 1 aromatic carbocycles. The quantitative estimate of drug-likeness (QED) is 0.216. The fraction of sp³-hybridized carbons (Fsp3) is 0.0909. The molecule has 0 radical (unpaired) electrons. The molecule has 7 nitrogen and oxygen atoms in total. The molecule has 0 saturated heterocycles. The Morgan fingerprint density at radius 3 is 2.79 bits per heavy atom. The summed E-state index contributed by atoms with van der Waals surface area (Å²) >= 11 is 4.94. The van der Waals surface area contributed by atoms with Crippen molar-refractivity contribution in [2.75, 3.05) is 18.2 Å². The van der Waals surface area contributed by atoms with Crippen LogP contribution in [0.3, 0.4) is 0 Å². The van der Waals surface area contributed by atoms with Gasteiger partial charge in [-0.05, 0) is 12.1 Å². The lowest BCUT2D eigenvalue weighted by atomic mass is 10.2. The molecule has 0 heterocycles. The van der Waals surface area contributed by atoms with Gasteiger partial charge in [-0.3, -0.25) is 10.1 Å². The number of carbonyl (C=O) groups is 1. The number of nitrogens with one attached hydrogen (secondary N) is 1. The van der Waals surface area contributed by atoms with E-state index in [-0.39, 0.29) is 10.7 Å². The Balaban J connectivity index is 2.84. The molecule has 8 heteroatoms. The molecule has 3 N–H and O–H groups in total. The van der Waals surface area contributed by atoms with Gasteiger partial charge >= 0.3 is 5.97 Å². The molecule has 100 valence electrons. The van der Waals surface area contributed by atoms with Crippen LogP contribution in [-0.2, 0) is 9.53 Å². The van der Waals surface area contributed by atoms with Crippen LogP contribution in [0.4, 0.5) is 17.1 Å². The highest BCUT2D eigenvalue weighted by Crippen LogP contribution is 2.24. The van der Waals surface area contributed by atoms with Crippen LogP contribution < -0.4 is 11.1 Å². The van der Waals surface area contributed by atoms with Crippen molar-refractivity contribution < 1.29 is 14.5 Å². The number of nitrogen functional groups attached to an aromatic ring is 1. The molecule has 0 amide bonds. The van der Waals surface area contributed by atoms with Crippen LogP contribution in [0.5, 0.6) is 0 Å². The normalized spacial score (nSPS) is 10.2. The minimum Gasteiger partial charge on any atom is -0.466 e. The molecule has 1 rings (SSSR count). The van der Waals surface area contributed by atoms with Crippen molar-refractivity contribution in [3.8, 4) is 0 Å². The zero-order valence-electron chi connectivity index (χ0n) is 9.95. The molecule has 0 aliphatic carbocycles. The maximum Gasteiger partial charge on any atom is 0.330 e. The van der Waals surface area contributed by atoms with Gasteiger partial charge in [0.25, 0.3) is 5.69 Å². The SMILES string of the molecule is COC(=O)/C=C/C(=S)Nc1cc([N+](=O)[O-])ccc1N. The van der Waals surface area contributed by atoms with Gasteiger partial charge in [-0.15, -0.1) is 0 Å². The van der Waals surface area contributed by atoms with Crippen molar-refractivity contribution in [3.05, 3.63) is 40.5 Å². The third-order valence-electron chi connectivity index (χ3n) is 2.08. The lowest BCUT2D eigenvalue weighted by molar-refractivity contribution is -0.384. The van der Waals surface area contributed by atoms with Gasteiger partial charge in [-0.25, -0.2) is 4.79 Å². The Hall–Kier alpha value is -2.48. The van der Waals surface area contributed by atoms with Gasteiger partial charge in [0.1, 0.15) is 4.99 Å². The fourth-order valence-electron chi connectivity index (χ4n) is 1.15. The number of carbonyl (C=O) groups excluding carboxylic acids is 1. The summed E-state index contributed by atoms with van der Waals surface area (Å²) in [5.74, 6) is -0.559. The topological polar surface area (TPSA) is 107 Å². The molecule has 19 heavy (non-hydrogen) atoms. The third-order valence-corrected chi connectivity index (χ3v) is 2.32. The first kappa shape index (κ1) is 14.6. The number of nitrogens with zero attached hydrogens (tertiary/aromatic N) is 1. The summed E-state index contributed by atoms with van der Waals surface area (Å²) in [6.45, 7) is 0. The number of rotatable bonds is 4. The van der Waals surface area contributed by atoms with Crippen molar-refractivity contribution in [3.63, 3.8) is 0 Å². The van der Waals surface area contributed by atoms with Crippen LogP contribution in [0, 0.1) is 10.1 Å². The van der Waals surface area contributed by atoms with Crippen molar-refractivity contribution >= 4 is 40.2 Å². The van der Waals surface area contributed by atoms with Crippen molar-refractivity contribution in [1.29, 1.82) is 0 Å². The van der Waals surface area contributed by atoms with Crippen LogP contribution in [-0.4, -0.2) is 23.0 Å². The number of methoxy groups -OCH3 is 1. The molecule has 0 saturated carbocycles. The molecule has 0 bridgehead atoms. The Labute approximate surface area is 114 Å². The number of thiocarbonyl (C=S) groups is 1. The first-order chi connectivity index (χ1) is 8.93. The summed E-state index contributed by atoms with van der Waals surface area (Å²) in [5, 5.41) is 13.3. The third kappa shape index (κ3) is 4.36. The molecule has 0 aliphatic heterocycles. The minimum atomic E-state index is -0.559. The Kier molecular flexibility index (Phi) is 4.95. The van der Waals surface area contributed by atoms with Crippen molar-refractivity contribution in [1.82, 2.24) is 0 Å². The number of nitrogens with two attached hydrogens (primary N) is 1. The van der Waals surface area contributed by atoms with Crippen molar-refractivity contribution in [2.45, 2.75) is 0 Å². The summed E-state index contributed by atoms with van der Waals surface area (Å²) in [4.78, 5) is 21.1. The summed E-state index contributed by atoms with van der Waals surface area (Å²) in [5.41, 5.74) is 6.15. The molecule has 0 aromatic heterocycles. The number of ether oxygens (including phenoxy) is 1. The number of non-ortho nitro benzene ring substituents is 1. The molecule has 0 unspecified atom stereocenters. The molecular formula is C11H11N3O4S. The Morgan fingerprint density at radius 1 is 1.53 bits per heavy atom. The summed E-state index contributed by atoms with van der Waals surface area (Å²) in [6.07, 6.45) is 2.43. The number of anilines is 2. The van der Waals surface area contributed by atoms with Gasteiger partial charge in [0.15, 0.2) is 0 Å². The van der Waals surface area contributed by atoms with Crippen LogP contribution in [0.1, 0.15) is 0 Å². The maximum atomic E-state index is 10.9. The van der Waals surface area contributed by atoms with Crippen LogP contribution in [0.15, 0.2) is 30.4 Å². The first-order valence-electron chi connectivity index (χ1n) is 5.05. The second-order valence-corrected chi connectivity index (χ2v) is 3.81. The molecule has 0 atom stereocenters. The van der Waals surface area contributed by atoms with E-state index in [4.69, 9.17) is 18.0 Å². The Morgan fingerprint density at radius 2 is 2.21 bits per heavy atom. The van der Waals surface area contributed by atoms with E-state index in [0.29, 0.717) is 11.4 Å². The predicted molar refractivity (Wildman–Crippen MR) is 74.9 cm³/mol. The highest BCUT2D eigenvalue weighted by molar-refractivity contribution is 7.81. The minimum absolute atomic E-state index is 0.114. The molecule has 0 fully saturated rings. The summed E-state index contributed by atoms with van der Waals surface area (Å²) in [7, 11) is 1.24. The number of hydrogen-bond donors (Lipinski definition) is 2. The summed E-state index contributed by atoms with van der Waals surface area (Å²) < 4.78 is 4.40. The monoisotopic (exact) mass is 281 g/mol. The van der Waals surface area contributed by atoms with E-state index in [0.717, 1.165) is 6.08 Å².